The molecule has 2 aromatic rings. The van der Waals surface area contributed by atoms with Crippen LogP contribution in [0.15, 0.2) is 30.3 Å². The van der Waals surface area contributed by atoms with E-state index in [2.05, 4.69) is 0 Å². The van der Waals surface area contributed by atoms with Gasteiger partial charge in [-0.1, -0.05) is 35.9 Å². The normalized spacial score (nSPS) is 13.5. The zero-order chi connectivity index (χ0) is 16.5. The second-order valence-electron chi connectivity index (χ2n) is 5.60. The highest BCUT2D eigenvalue weighted by Crippen LogP contribution is 2.47. The molecular formula is C17H21O4P. The fourth-order valence-electron chi connectivity index (χ4n) is 2.50. The van der Waals surface area contributed by atoms with Crippen molar-refractivity contribution in [1.29, 1.82) is 0 Å². The number of hydrogen-bond donors (Lipinski definition) is 1. The SMILES string of the molecule is Cc1cc(C)c(OP(=O)(O)Oc2c(C)cccc2C)c(C)c1. The lowest BCUT2D eigenvalue weighted by Crippen LogP contribution is -2.04. The van der Waals surface area contributed by atoms with E-state index >= 15 is 0 Å². The molecule has 0 radical (unpaired) electrons. The van der Waals surface area contributed by atoms with Gasteiger partial charge in [-0.25, -0.2) is 4.57 Å². The third-order valence-electron chi connectivity index (χ3n) is 3.43. The van der Waals surface area contributed by atoms with E-state index in [0.717, 1.165) is 27.8 Å². The Morgan fingerprint density at radius 2 is 1.23 bits per heavy atom. The van der Waals surface area contributed by atoms with Gasteiger partial charge in [-0.15, -0.1) is 0 Å². The van der Waals surface area contributed by atoms with Gasteiger partial charge in [0.1, 0.15) is 11.5 Å². The zero-order valence-corrected chi connectivity index (χ0v) is 14.4. The van der Waals surface area contributed by atoms with Crippen molar-refractivity contribution in [1.82, 2.24) is 0 Å². The van der Waals surface area contributed by atoms with Crippen molar-refractivity contribution in [3.05, 3.63) is 58.1 Å². The van der Waals surface area contributed by atoms with Crippen LogP contribution in [0.3, 0.4) is 0 Å². The summed E-state index contributed by atoms with van der Waals surface area (Å²) in [6.45, 7) is 9.30. The molecule has 0 spiro atoms. The first-order chi connectivity index (χ1) is 10.2. The summed E-state index contributed by atoms with van der Waals surface area (Å²) in [6, 6.07) is 9.33. The zero-order valence-electron chi connectivity index (χ0n) is 13.5. The summed E-state index contributed by atoms with van der Waals surface area (Å²) < 4.78 is 23.0. The number of aryl methyl sites for hydroxylation is 5. The maximum absolute atomic E-state index is 12.4. The molecule has 2 rings (SSSR count). The second kappa shape index (κ2) is 6.15. The smallest absolute Gasteiger partial charge is 0.395 e. The predicted molar refractivity (Wildman–Crippen MR) is 87.7 cm³/mol. The molecule has 0 aliphatic carbocycles. The molecule has 1 N–H and O–H groups in total. The number of phosphoric acid groups is 1. The van der Waals surface area contributed by atoms with Crippen molar-refractivity contribution in [2.45, 2.75) is 34.6 Å². The first kappa shape index (κ1) is 16.6. The van der Waals surface area contributed by atoms with Crippen molar-refractivity contribution in [3.8, 4) is 11.5 Å². The summed E-state index contributed by atoms with van der Waals surface area (Å²) in [5.74, 6) is 0.776. The van der Waals surface area contributed by atoms with E-state index < -0.39 is 7.82 Å². The van der Waals surface area contributed by atoms with E-state index in [9.17, 15) is 9.46 Å². The molecule has 22 heavy (non-hydrogen) atoms. The molecule has 1 atom stereocenters. The Kier molecular flexibility index (Phi) is 4.64. The molecule has 2 aromatic carbocycles. The van der Waals surface area contributed by atoms with E-state index in [1.807, 2.05) is 65.0 Å². The van der Waals surface area contributed by atoms with Crippen LogP contribution in [0.2, 0.25) is 0 Å². The lowest BCUT2D eigenvalue weighted by Gasteiger charge is -2.19. The Bertz CT molecular complexity index is 709. The highest BCUT2D eigenvalue weighted by Gasteiger charge is 2.28. The van der Waals surface area contributed by atoms with Gasteiger partial charge in [0, 0.05) is 0 Å². The number of para-hydroxylation sites is 1. The van der Waals surface area contributed by atoms with Gasteiger partial charge in [-0.05, 0) is 56.9 Å². The first-order valence-corrected chi connectivity index (χ1v) is 8.55. The van der Waals surface area contributed by atoms with Crippen LogP contribution in [0.25, 0.3) is 0 Å². The van der Waals surface area contributed by atoms with E-state index in [1.165, 1.54) is 0 Å². The average molecular weight is 320 g/mol. The molecule has 0 fully saturated rings. The minimum Gasteiger partial charge on any atom is -0.395 e. The highest BCUT2D eigenvalue weighted by molar-refractivity contribution is 7.48. The van der Waals surface area contributed by atoms with Crippen LogP contribution >= 0.6 is 7.82 Å². The summed E-state index contributed by atoms with van der Waals surface area (Å²) in [6.07, 6.45) is 0. The van der Waals surface area contributed by atoms with Gasteiger partial charge >= 0.3 is 7.82 Å². The first-order valence-electron chi connectivity index (χ1n) is 7.05. The van der Waals surface area contributed by atoms with Crippen molar-refractivity contribution in [3.63, 3.8) is 0 Å². The molecule has 118 valence electrons. The molecule has 0 aromatic heterocycles. The van der Waals surface area contributed by atoms with Crippen LogP contribution in [0.4, 0.5) is 0 Å². The molecule has 0 saturated heterocycles. The van der Waals surface area contributed by atoms with Crippen LogP contribution in [-0.4, -0.2) is 4.89 Å². The molecular weight excluding hydrogens is 299 g/mol. The van der Waals surface area contributed by atoms with Gasteiger partial charge in [0.25, 0.3) is 0 Å². The molecule has 1 unspecified atom stereocenters. The maximum atomic E-state index is 12.4. The lowest BCUT2D eigenvalue weighted by atomic mass is 10.1. The van der Waals surface area contributed by atoms with E-state index in [-0.39, 0.29) is 0 Å². The molecule has 0 aliphatic heterocycles. The standard InChI is InChI=1S/C17H21O4P/c1-11-9-14(4)17(15(5)10-11)21-22(18,19)20-16-12(2)7-6-8-13(16)3/h6-10H,1-5H3,(H,18,19). The summed E-state index contributed by atoms with van der Waals surface area (Å²) in [5, 5.41) is 0. The van der Waals surface area contributed by atoms with Crippen LogP contribution in [0.5, 0.6) is 11.5 Å². The monoisotopic (exact) mass is 320 g/mol. The second-order valence-corrected chi connectivity index (χ2v) is 6.90. The number of phosphoric ester groups is 1. The van der Waals surface area contributed by atoms with Gasteiger partial charge in [0.2, 0.25) is 0 Å². The summed E-state index contributed by atoms with van der Waals surface area (Å²) in [4.78, 5) is 10.1. The molecule has 0 amide bonds. The van der Waals surface area contributed by atoms with E-state index in [4.69, 9.17) is 9.05 Å². The minimum absolute atomic E-state index is 0.385. The summed E-state index contributed by atoms with van der Waals surface area (Å²) >= 11 is 0. The van der Waals surface area contributed by atoms with Crippen molar-refractivity contribution >= 4 is 7.82 Å². The fraction of sp³-hybridized carbons (Fsp3) is 0.294. The predicted octanol–water partition coefficient (Wildman–Crippen LogP) is 4.79. The molecule has 0 bridgehead atoms. The van der Waals surface area contributed by atoms with Crippen LogP contribution in [0, 0.1) is 34.6 Å². The van der Waals surface area contributed by atoms with Gasteiger partial charge in [0.15, 0.2) is 0 Å². The third-order valence-corrected chi connectivity index (χ3v) is 4.25. The highest BCUT2D eigenvalue weighted by atomic mass is 31.2. The molecule has 4 nitrogen and oxygen atoms in total. The van der Waals surface area contributed by atoms with Crippen molar-refractivity contribution < 1.29 is 18.5 Å². The van der Waals surface area contributed by atoms with Gasteiger partial charge in [0.05, 0.1) is 0 Å². The Morgan fingerprint density at radius 3 is 1.68 bits per heavy atom. The topological polar surface area (TPSA) is 55.8 Å². The number of hydrogen-bond acceptors (Lipinski definition) is 3. The summed E-state index contributed by atoms with van der Waals surface area (Å²) in [5.41, 5.74) is 4.25. The van der Waals surface area contributed by atoms with Crippen molar-refractivity contribution in [2.75, 3.05) is 0 Å². The Labute approximate surface area is 131 Å². The van der Waals surface area contributed by atoms with Crippen LogP contribution < -0.4 is 9.05 Å². The van der Waals surface area contributed by atoms with Gasteiger partial charge < -0.3 is 9.05 Å². The molecule has 0 heterocycles. The molecule has 5 heteroatoms. The lowest BCUT2D eigenvalue weighted by molar-refractivity contribution is 0.288. The fourth-order valence-corrected chi connectivity index (χ4v) is 3.58. The molecule has 0 saturated carbocycles. The minimum atomic E-state index is -4.26. The number of rotatable bonds is 4. The Hall–Kier alpha value is -1.77. The van der Waals surface area contributed by atoms with E-state index in [0.29, 0.717) is 11.5 Å². The maximum Gasteiger partial charge on any atom is 0.584 e. The van der Waals surface area contributed by atoms with Crippen LogP contribution in [0.1, 0.15) is 27.8 Å². The summed E-state index contributed by atoms with van der Waals surface area (Å²) in [7, 11) is -4.26. The number of benzene rings is 2. The van der Waals surface area contributed by atoms with Crippen LogP contribution in [-0.2, 0) is 4.57 Å². The average Bonchev–Trinajstić information content (AvgIpc) is 2.38. The van der Waals surface area contributed by atoms with Gasteiger partial charge in [-0.2, -0.15) is 0 Å². The Balaban J connectivity index is 2.31. The van der Waals surface area contributed by atoms with E-state index in [1.54, 1.807) is 0 Å². The Morgan fingerprint density at radius 1 is 0.818 bits per heavy atom. The third kappa shape index (κ3) is 3.70. The quantitative estimate of drug-likeness (QED) is 0.823. The largest absolute Gasteiger partial charge is 0.584 e. The molecule has 0 aliphatic rings. The van der Waals surface area contributed by atoms with Gasteiger partial charge in [-0.3, -0.25) is 4.89 Å². The van der Waals surface area contributed by atoms with Crippen molar-refractivity contribution in [2.24, 2.45) is 0 Å².